The molecule has 0 aliphatic rings. The van der Waals surface area contributed by atoms with Gasteiger partial charge < -0.3 is 10.4 Å². The van der Waals surface area contributed by atoms with Gasteiger partial charge in [0.2, 0.25) is 0 Å². The predicted molar refractivity (Wildman–Crippen MR) is 85.5 cm³/mol. The molecule has 0 aliphatic carbocycles. The highest BCUT2D eigenvalue weighted by Gasteiger charge is 2.21. The van der Waals surface area contributed by atoms with Crippen molar-refractivity contribution in [2.24, 2.45) is 0 Å². The van der Waals surface area contributed by atoms with Crippen LogP contribution in [-0.2, 0) is 11.2 Å². The molecule has 2 aromatic rings. The summed E-state index contributed by atoms with van der Waals surface area (Å²) in [4.78, 5) is 23.4. The van der Waals surface area contributed by atoms with Crippen LogP contribution in [0.2, 0.25) is 10.0 Å². The molecule has 1 atom stereocenters. The Balaban J connectivity index is 2.12. The first-order valence-electron chi connectivity index (χ1n) is 6.50. The number of benzene rings is 2. The van der Waals surface area contributed by atoms with Crippen LogP contribution in [0.4, 0.5) is 0 Å². The highest BCUT2D eigenvalue weighted by Crippen LogP contribution is 2.23. The van der Waals surface area contributed by atoms with Crippen LogP contribution in [0.5, 0.6) is 0 Å². The third-order valence-electron chi connectivity index (χ3n) is 3.06. The Labute approximate surface area is 137 Å². The number of hydrogen-bond donors (Lipinski definition) is 2. The first-order valence-corrected chi connectivity index (χ1v) is 7.25. The number of carbonyl (C=O) groups is 2. The predicted octanol–water partition coefficient (Wildman–Crippen LogP) is 3.42. The second-order valence-electron chi connectivity index (χ2n) is 4.68. The van der Waals surface area contributed by atoms with E-state index in [1.807, 2.05) is 0 Å². The zero-order valence-corrected chi connectivity index (χ0v) is 12.9. The molecule has 6 heteroatoms. The standard InChI is InChI=1S/C16H13Cl2NO3/c17-12-7-6-10(8-13(12)18)9-14(16(21)22)19-15(20)11-4-2-1-3-5-11/h1-8,14H,9H2,(H,19,20)(H,21,22)/t14-/m0/s1. The number of rotatable bonds is 5. The minimum atomic E-state index is -1.12. The number of carboxylic acid groups (broad SMARTS) is 1. The first-order chi connectivity index (χ1) is 10.5. The van der Waals surface area contributed by atoms with E-state index < -0.39 is 17.9 Å². The van der Waals surface area contributed by atoms with Crippen molar-refractivity contribution >= 4 is 35.1 Å². The van der Waals surface area contributed by atoms with Gasteiger partial charge in [-0.2, -0.15) is 0 Å². The van der Waals surface area contributed by atoms with Crippen molar-refractivity contribution in [3.05, 3.63) is 69.7 Å². The van der Waals surface area contributed by atoms with Crippen molar-refractivity contribution in [2.75, 3.05) is 0 Å². The van der Waals surface area contributed by atoms with Crippen LogP contribution in [-0.4, -0.2) is 23.0 Å². The molecule has 114 valence electrons. The lowest BCUT2D eigenvalue weighted by Gasteiger charge is -2.15. The summed E-state index contributed by atoms with van der Waals surface area (Å²) >= 11 is 11.7. The lowest BCUT2D eigenvalue weighted by atomic mass is 10.1. The van der Waals surface area contributed by atoms with Crippen LogP contribution < -0.4 is 5.32 Å². The van der Waals surface area contributed by atoms with E-state index in [9.17, 15) is 14.7 Å². The molecule has 0 spiro atoms. The molecule has 1 amide bonds. The molecule has 2 N–H and O–H groups in total. The summed E-state index contributed by atoms with van der Waals surface area (Å²) in [6.45, 7) is 0. The molecule has 0 saturated heterocycles. The van der Waals surface area contributed by atoms with E-state index in [1.54, 1.807) is 48.5 Å². The Bertz CT molecular complexity index is 689. The van der Waals surface area contributed by atoms with Crippen LogP contribution in [0, 0.1) is 0 Å². The number of nitrogens with one attached hydrogen (secondary N) is 1. The molecule has 2 rings (SSSR count). The van der Waals surface area contributed by atoms with Gasteiger partial charge in [0.1, 0.15) is 6.04 Å². The average Bonchev–Trinajstić information content (AvgIpc) is 2.51. The molecule has 4 nitrogen and oxygen atoms in total. The molecule has 0 aromatic heterocycles. The van der Waals surface area contributed by atoms with Gasteiger partial charge in [0.25, 0.3) is 5.91 Å². The van der Waals surface area contributed by atoms with Crippen LogP contribution >= 0.6 is 23.2 Å². The molecule has 0 fully saturated rings. The molecule has 22 heavy (non-hydrogen) atoms. The van der Waals surface area contributed by atoms with Crippen LogP contribution in [0.3, 0.4) is 0 Å². The number of hydrogen-bond acceptors (Lipinski definition) is 2. The van der Waals surface area contributed by atoms with Crippen LogP contribution in [0.25, 0.3) is 0 Å². The number of carboxylic acids is 1. The maximum Gasteiger partial charge on any atom is 0.326 e. The van der Waals surface area contributed by atoms with Crippen LogP contribution in [0.15, 0.2) is 48.5 Å². The van der Waals surface area contributed by atoms with Gasteiger partial charge in [-0.1, -0.05) is 47.5 Å². The minimum absolute atomic E-state index is 0.116. The monoisotopic (exact) mass is 337 g/mol. The maximum atomic E-state index is 12.0. The summed E-state index contributed by atoms with van der Waals surface area (Å²) in [6, 6.07) is 12.3. The van der Waals surface area contributed by atoms with Crippen molar-refractivity contribution in [3.8, 4) is 0 Å². The van der Waals surface area contributed by atoms with Gasteiger partial charge in [0.05, 0.1) is 10.0 Å². The minimum Gasteiger partial charge on any atom is -0.480 e. The molecule has 0 saturated carbocycles. The van der Waals surface area contributed by atoms with Crippen molar-refractivity contribution < 1.29 is 14.7 Å². The fraction of sp³-hybridized carbons (Fsp3) is 0.125. The zero-order valence-electron chi connectivity index (χ0n) is 11.4. The number of carbonyl (C=O) groups excluding carboxylic acids is 1. The van der Waals surface area contributed by atoms with E-state index in [4.69, 9.17) is 23.2 Å². The molecule has 0 bridgehead atoms. The average molecular weight is 338 g/mol. The molecule has 0 heterocycles. The van der Waals surface area contributed by atoms with Gasteiger partial charge in [0, 0.05) is 12.0 Å². The highest BCUT2D eigenvalue weighted by molar-refractivity contribution is 6.42. The van der Waals surface area contributed by atoms with E-state index in [1.165, 1.54) is 0 Å². The van der Waals surface area contributed by atoms with E-state index >= 15 is 0 Å². The second-order valence-corrected chi connectivity index (χ2v) is 5.50. The van der Waals surface area contributed by atoms with Gasteiger partial charge in [-0.25, -0.2) is 4.79 Å². The SMILES string of the molecule is O=C(N[C@@H](Cc1ccc(Cl)c(Cl)c1)C(=O)O)c1ccccc1. The molecule has 0 aliphatic heterocycles. The molecule has 2 aromatic carbocycles. The summed E-state index contributed by atoms with van der Waals surface area (Å²) in [6.07, 6.45) is 0.116. The fourth-order valence-electron chi connectivity index (χ4n) is 1.93. The van der Waals surface area contributed by atoms with Gasteiger partial charge in [-0.3, -0.25) is 4.79 Å². The Kier molecular flexibility index (Phi) is 5.41. The second kappa shape index (κ2) is 7.29. The zero-order chi connectivity index (χ0) is 16.1. The van der Waals surface area contributed by atoms with Crippen molar-refractivity contribution in [2.45, 2.75) is 12.5 Å². The Morgan fingerprint density at radius 3 is 2.32 bits per heavy atom. The normalized spacial score (nSPS) is 11.7. The Morgan fingerprint density at radius 2 is 1.73 bits per heavy atom. The number of aliphatic carboxylic acids is 1. The molecular formula is C16H13Cl2NO3. The van der Waals surface area contributed by atoms with Crippen molar-refractivity contribution in [1.82, 2.24) is 5.32 Å². The molecule has 0 unspecified atom stereocenters. The summed E-state index contributed by atoms with van der Waals surface area (Å²) in [7, 11) is 0. The molecular weight excluding hydrogens is 325 g/mol. The van der Waals surface area contributed by atoms with Gasteiger partial charge in [0.15, 0.2) is 0 Å². The fourth-order valence-corrected chi connectivity index (χ4v) is 2.25. The van der Waals surface area contributed by atoms with Gasteiger partial charge >= 0.3 is 5.97 Å². The first kappa shape index (κ1) is 16.3. The highest BCUT2D eigenvalue weighted by atomic mass is 35.5. The van der Waals surface area contributed by atoms with E-state index in [0.29, 0.717) is 21.2 Å². The van der Waals surface area contributed by atoms with Crippen molar-refractivity contribution in [3.63, 3.8) is 0 Å². The smallest absolute Gasteiger partial charge is 0.326 e. The van der Waals surface area contributed by atoms with Gasteiger partial charge in [-0.05, 0) is 29.8 Å². The summed E-state index contributed by atoms with van der Waals surface area (Å²) in [5.74, 6) is -1.55. The van der Waals surface area contributed by atoms with E-state index in [0.717, 1.165) is 0 Å². The quantitative estimate of drug-likeness (QED) is 0.878. The lowest BCUT2D eigenvalue weighted by Crippen LogP contribution is -2.42. The Morgan fingerprint density at radius 1 is 1.05 bits per heavy atom. The van der Waals surface area contributed by atoms with Crippen molar-refractivity contribution in [1.29, 1.82) is 0 Å². The van der Waals surface area contributed by atoms with Crippen LogP contribution in [0.1, 0.15) is 15.9 Å². The largest absolute Gasteiger partial charge is 0.480 e. The third kappa shape index (κ3) is 4.23. The summed E-state index contributed by atoms with van der Waals surface area (Å²) in [5.41, 5.74) is 1.08. The lowest BCUT2D eigenvalue weighted by molar-refractivity contribution is -0.139. The van der Waals surface area contributed by atoms with Gasteiger partial charge in [-0.15, -0.1) is 0 Å². The third-order valence-corrected chi connectivity index (χ3v) is 3.80. The molecule has 0 radical (unpaired) electrons. The van der Waals surface area contributed by atoms with E-state index in [2.05, 4.69) is 5.32 Å². The number of amides is 1. The summed E-state index contributed by atoms with van der Waals surface area (Å²) < 4.78 is 0. The summed E-state index contributed by atoms with van der Waals surface area (Å²) in [5, 5.41) is 12.5. The maximum absolute atomic E-state index is 12.0. The Hall–Kier alpha value is -2.04. The number of halogens is 2. The van der Waals surface area contributed by atoms with E-state index in [-0.39, 0.29) is 6.42 Å². The topological polar surface area (TPSA) is 66.4 Å².